The number of halogens is 2. The second kappa shape index (κ2) is 15.8. The van der Waals surface area contributed by atoms with Crippen molar-refractivity contribution in [2.75, 3.05) is 33.1 Å². The number of carboxylic acids is 1. The number of pyridine rings is 1. The highest BCUT2D eigenvalue weighted by Gasteiger charge is 2.54. The number of carbonyl (C=O) groups excluding carboxylic acids is 2. The first kappa shape index (κ1) is 35.7. The van der Waals surface area contributed by atoms with Crippen molar-refractivity contribution in [3.05, 3.63) is 89.6 Å². The molecular weight excluding hydrogens is 654 g/mol. The lowest BCUT2D eigenvalue weighted by Crippen LogP contribution is -2.39. The number of methoxy groups -OCH3 is 1. The maximum atomic E-state index is 15.3. The zero-order chi connectivity index (χ0) is 35.1. The number of rotatable bonds is 18. The number of ketones is 2. The first-order valence-corrected chi connectivity index (χ1v) is 16.6. The van der Waals surface area contributed by atoms with Gasteiger partial charge in [-0.2, -0.15) is 12.6 Å². The van der Waals surface area contributed by atoms with E-state index in [1.165, 1.54) is 49.7 Å². The Morgan fingerprint density at radius 2 is 1.63 bits per heavy atom. The number of hydrogen-bond donors (Lipinski definition) is 2. The van der Waals surface area contributed by atoms with Crippen molar-refractivity contribution in [2.45, 2.75) is 44.6 Å². The van der Waals surface area contributed by atoms with E-state index in [0.717, 1.165) is 0 Å². The molecule has 0 aliphatic heterocycles. The summed E-state index contributed by atoms with van der Waals surface area (Å²) in [6, 6.07) is 14.3. The van der Waals surface area contributed by atoms with Gasteiger partial charge < -0.3 is 19.3 Å². The maximum Gasteiger partial charge on any atom is 0.320 e. The molecule has 12 heteroatoms. The summed E-state index contributed by atoms with van der Waals surface area (Å²) >= 11 is 4.15. The molecule has 1 unspecified atom stereocenters. The Balaban J connectivity index is 1.23. The predicted molar refractivity (Wildman–Crippen MR) is 183 cm³/mol. The highest BCUT2D eigenvalue weighted by molar-refractivity contribution is 7.80. The Kier molecular flexibility index (Phi) is 11.5. The largest absolute Gasteiger partial charge is 0.493 e. The summed E-state index contributed by atoms with van der Waals surface area (Å²) in [5, 5.41) is 10.0. The highest BCUT2D eigenvalue weighted by Crippen LogP contribution is 2.49. The normalized spacial score (nSPS) is 14.0. The molecule has 1 atom stereocenters. The summed E-state index contributed by atoms with van der Waals surface area (Å²) in [5.41, 5.74) is 0.501. The second-order valence-corrected chi connectivity index (χ2v) is 12.6. The molecule has 1 saturated carbocycles. The zero-order valence-electron chi connectivity index (χ0n) is 27.3. The number of fused-ring (bicyclic) bond motifs is 1. The van der Waals surface area contributed by atoms with E-state index in [1.807, 2.05) is 0 Å². The predicted octanol–water partition coefficient (Wildman–Crippen LogP) is 6.49. The number of hydrogen-bond acceptors (Lipinski definition) is 9. The van der Waals surface area contributed by atoms with Gasteiger partial charge in [0.15, 0.2) is 34.6 Å². The van der Waals surface area contributed by atoms with Crippen LogP contribution in [0.1, 0.15) is 36.8 Å². The Morgan fingerprint density at radius 1 is 0.939 bits per heavy atom. The van der Waals surface area contributed by atoms with E-state index < -0.39 is 29.1 Å². The quantitative estimate of drug-likeness (QED) is 0.0686. The van der Waals surface area contributed by atoms with Crippen LogP contribution in [0.3, 0.4) is 0 Å². The van der Waals surface area contributed by atoms with Gasteiger partial charge in [0.1, 0.15) is 17.6 Å². The minimum absolute atomic E-state index is 0.0367. The van der Waals surface area contributed by atoms with Crippen molar-refractivity contribution in [2.24, 2.45) is 5.41 Å². The van der Waals surface area contributed by atoms with Gasteiger partial charge in [0.2, 0.25) is 0 Å². The number of thiol groups is 1. The van der Waals surface area contributed by atoms with E-state index in [2.05, 4.69) is 17.6 Å². The molecule has 258 valence electrons. The topological polar surface area (TPSA) is 115 Å². The third-order valence-electron chi connectivity index (χ3n) is 8.80. The van der Waals surface area contributed by atoms with Gasteiger partial charge in [-0.1, -0.05) is 18.2 Å². The van der Waals surface area contributed by atoms with Crippen molar-refractivity contribution in [1.82, 2.24) is 9.88 Å². The Hall–Kier alpha value is -4.55. The fourth-order valence-electron chi connectivity index (χ4n) is 5.80. The van der Waals surface area contributed by atoms with Crippen LogP contribution in [0.15, 0.2) is 66.9 Å². The maximum absolute atomic E-state index is 15.3. The monoisotopic (exact) mass is 692 g/mol. The van der Waals surface area contributed by atoms with Crippen LogP contribution in [0.2, 0.25) is 0 Å². The Morgan fingerprint density at radius 3 is 2.27 bits per heavy atom. The van der Waals surface area contributed by atoms with Gasteiger partial charge in [0.05, 0.1) is 24.6 Å². The van der Waals surface area contributed by atoms with Crippen LogP contribution >= 0.6 is 12.6 Å². The van der Waals surface area contributed by atoms with Gasteiger partial charge >= 0.3 is 5.97 Å². The SMILES string of the molecule is COc1cc2c(Oc3ccc(CC(=O)C4(C(=O)Cc5ccc(F)cc5)CC4)cc3F)ccnc2cc1OCCCN(C)C(CCS)C(=O)O. The van der Waals surface area contributed by atoms with Gasteiger partial charge in [0, 0.05) is 37.0 Å². The number of Topliss-reactive ketones (excluding diaryl/α,β-unsaturated/α-hetero) is 2. The Labute approximate surface area is 288 Å². The van der Waals surface area contributed by atoms with E-state index >= 15 is 4.39 Å². The standard InChI is InChI=1S/C37H38F2N2O7S/c1-41(29(11-17-49)36(44)45)15-3-16-47-33-22-28-26(21-32(33)46-2)30(10-14-40-28)48-31-9-6-24(18-27(31)39)20-35(43)37(12-13-37)34(42)19-23-4-7-25(38)8-5-23/h4-10,14,18,21-22,29,49H,3,11-13,15-17,19-20H2,1-2H3,(H,44,45). The summed E-state index contributed by atoms with van der Waals surface area (Å²) in [7, 11) is 3.25. The average molecular weight is 693 g/mol. The molecule has 0 radical (unpaired) electrons. The minimum atomic E-state index is -1.08. The lowest BCUT2D eigenvalue weighted by Gasteiger charge is -2.24. The van der Waals surface area contributed by atoms with Crippen molar-refractivity contribution < 1.29 is 42.5 Å². The van der Waals surface area contributed by atoms with Gasteiger partial charge in [-0.3, -0.25) is 24.3 Å². The number of benzene rings is 3. The first-order chi connectivity index (χ1) is 23.5. The number of carboxylic acid groups (broad SMARTS) is 1. The zero-order valence-corrected chi connectivity index (χ0v) is 28.2. The van der Waals surface area contributed by atoms with Crippen LogP contribution in [0.4, 0.5) is 8.78 Å². The number of aliphatic carboxylic acids is 1. The molecule has 1 heterocycles. The number of carbonyl (C=O) groups is 3. The van der Waals surface area contributed by atoms with E-state index in [0.29, 0.717) is 83.9 Å². The number of aromatic nitrogens is 1. The van der Waals surface area contributed by atoms with Gasteiger partial charge in [-0.15, -0.1) is 0 Å². The summed E-state index contributed by atoms with van der Waals surface area (Å²) in [5.74, 6) is -0.840. The van der Waals surface area contributed by atoms with Crippen molar-refractivity contribution in [3.63, 3.8) is 0 Å². The fourth-order valence-corrected chi connectivity index (χ4v) is 6.05. The van der Waals surface area contributed by atoms with Crippen LogP contribution in [0.25, 0.3) is 10.9 Å². The molecule has 0 amide bonds. The highest BCUT2D eigenvalue weighted by atomic mass is 32.1. The third-order valence-corrected chi connectivity index (χ3v) is 9.05. The van der Waals surface area contributed by atoms with Crippen LogP contribution in [-0.4, -0.2) is 71.6 Å². The van der Waals surface area contributed by atoms with E-state index in [-0.39, 0.29) is 30.2 Å². The molecule has 1 N–H and O–H groups in total. The molecule has 0 bridgehead atoms. The third kappa shape index (κ3) is 8.55. The molecule has 4 aromatic rings. The molecule has 0 spiro atoms. The van der Waals surface area contributed by atoms with Gasteiger partial charge in [0.25, 0.3) is 0 Å². The molecule has 9 nitrogen and oxygen atoms in total. The van der Waals surface area contributed by atoms with Crippen LogP contribution in [0, 0.1) is 17.0 Å². The van der Waals surface area contributed by atoms with Gasteiger partial charge in [-0.05, 0) is 86.0 Å². The lowest BCUT2D eigenvalue weighted by molar-refractivity contribution is -0.143. The van der Waals surface area contributed by atoms with Crippen molar-refractivity contribution in [1.29, 1.82) is 0 Å². The summed E-state index contributed by atoms with van der Waals surface area (Å²) < 4.78 is 46.1. The van der Waals surface area contributed by atoms with Crippen LogP contribution in [0.5, 0.6) is 23.0 Å². The molecule has 1 aliphatic carbocycles. The number of likely N-dealkylation sites (N-methyl/N-ethyl adjacent to an activating group) is 1. The minimum Gasteiger partial charge on any atom is -0.493 e. The van der Waals surface area contributed by atoms with Crippen molar-refractivity contribution in [3.8, 4) is 23.0 Å². The molecule has 1 aromatic heterocycles. The van der Waals surface area contributed by atoms with E-state index in [1.54, 1.807) is 36.2 Å². The molecule has 1 aliphatic rings. The smallest absolute Gasteiger partial charge is 0.320 e. The lowest BCUT2D eigenvalue weighted by atomic mass is 9.88. The fraction of sp³-hybridized carbons (Fsp3) is 0.351. The molecule has 1 fully saturated rings. The average Bonchev–Trinajstić information content (AvgIpc) is 3.90. The molecule has 49 heavy (non-hydrogen) atoms. The number of nitrogens with zero attached hydrogens (tertiary/aromatic N) is 2. The number of ether oxygens (including phenoxy) is 3. The van der Waals surface area contributed by atoms with Gasteiger partial charge in [-0.25, -0.2) is 8.78 Å². The summed E-state index contributed by atoms with van der Waals surface area (Å²) in [4.78, 5) is 43.9. The molecule has 5 rings (SSSR count). The first-order valence-electron chi connectivity index (χ1n) is 16.0. The van der Waals surface area contributed by atoms with Crippen LogP contribution in [-0.2, 0) is 27.2 Å². The van der Waals surface area contributed by atoms with Crippen molar-refractivity contribution >= 4 is 41.1 Å². The second-order valence-electron chi connectivity index (χ2n) is 12.2. The summed E-state index contributed by atoms with van der Waals surface area (Å²) in [6.07, 6.45) is 3.36. The molecular formula is C37H38F2N2O7S. The van der Waals surface area contributed by atoms with E-state index in [9.17, 15) is 23.9 Å². The van der Waals surface area contributed by atoms with E-state index in [4.69, 9.17) is 14.2 Å². The molecule has 3 aromatic carbocycles. The molecule has 0 saturated heterocycles. The Bertz CT molecular complexity index is 1830. The van der Waals surface area contributed by atoms with Crippen LogP contribution < -0.4 is 14.2 Å². The summed E-state index contributed by atoms with van der Waals surface area (Å²) in [6.45, 7) is 0.811.